The van der Waals surface area contributed by atoms with Crippen molar-refractivity contribution in [1.29, 1.82) is 0 Å². The van der Waals surface area contributed by atoms with Crippen molar-refractivity contribution in [2.75, 3.05) is 26.3 Å². The van der Waals surface area contributed by atoms with E-state index < -0.39 is 0 Å². The average molecular weight is 227 g/mol. The highest BCUT2D eigenvalue weighted by Gasteiger charge is 2.29. The van der Waals surface area contributed by atoms with Gasteiger partial charge < -0.3 is 9.64 Å². The summed E-state index contributed by atoms with van der Waals surface area (Å²) in [5, 5.41) is 0. The van der Waals surface area contributed by atoms with Crippen molar-refractivity contribution in [2.24, 2.45) is 11.8 Å². The summed E-state index contributed by atoms with van der Waals surface area (Å²) in [5.74, 6) is 5.26. The van der Waals surface area contributed by atoms with Gasteiger partial charge in [0.25, 0.3) is 0 Å². The Morgan fingerprint density at radius 1 is 1.19 bits per heavy atom. The summed E-state index contributed by atoms with van der Waals surface area (Å²) in [6.07, 6.45) is 4.13. The van der Waals surface area contributed by atoms with Crippen molar-refractivity contribution in [3.8, 4) is 0 Å². The minimum Gasteiger partial charge on any atom is -0.381 e. The van der Waals surface area contributed by atoms with Gasteiger partial charge in [0.05, 0.1) is 0 Å². The zero-order chi connectivity index (χ0) is 11.4. The zero-order valence-electron chi connectivity index (χ0n) is 9.65. The second kappa shape index (κ2) is 5.61. The molecular formula is C11H21N3O2. The third kappa shape index (κ3) is 2.72. The molecule has 0 saturated carbocycles. The minimum atomic E-state index is -0.00775. The summed E-state index contributed by atoms with van der Waals surface area (Å²) in [6, 6.07) is 0.663. The molecule has 2 fully saturated rings. The number of nitrogens with two attached hydrogens (primary N) is 1. The standard InChI is InChI=1S/C11H21N3O2/c12-13-11(15)9-1-5-14(6-2-9)10-3-7-16-8-4-10/h9-10H,1-8,12H2,(H,13,15). The molecule has 0 spiro atoms. The van der Waals surface area contributed by atoms with Crippen LogP contribution in [-0.4, -0.2) is 43.2 Å². The van der Waals surface area contributed by atoms with E-state index in [0.29, 0.717) is 6.04 Å². The average Bonchev–Trinajstić information content (AvgIpc) is 2.39. The SMILES string of the molecule is NNC(=O)C1CCN(C2CCOCC2)CC1. The molecule has 2 aliphatic heterocycles. The zero-order valence-corrected chi connectivity index (χ0v) is 9.65. The van der Waals surface area contributed by atoms with Gasteiger partial charge in [-0.25, -0.2) is 5.84 Å². The predicted molar refractivity (Wildman–Crippen MR) is 60.5 cm³/mol. The monoisotopic (exact) mass is 227 g/mol. The van der Waals surface area contributed by atoms with E-state index in [1.807, 2.05) is 0 Å². The number of amides is 1. The first-order valence-corrected chi connectivity index (χ1v) is 6.13. The van der Waals surface area contributed by atoms with E-state index in [1.165, 1.54) is 0 Å². The summed E-state index contributed by atoms with van der Waals surface area (Å²) in [6.45, 7) is 3.80. The summed E-state index contributed by atoms with van der Waals surface area (Å²) in [5.41, 5.74) is 2.25. The molecule has 0 bridgehead atoms. The maximum Gasteiger partial charge on any atom is 0.237 e. The molecule has 2 rings (SSSR count). The van der Waals surface area contributed by atoms with Crippen LogP contribution >= 0.6 is 0 Å². The highest BCUT2D eigenvalue weighted by molar-refractivity contribution is 5.78. The topological polar surface area (TPSA) is 67.6 Å². The van der Waals surface area contributed by atoms with Crippen LogP contribution < -0.4 is 11.3 Å². The quantitative estimate of drug-likeness (QED) is 0.392. The lowest BCUT2D eigenvalue weighted by molar-refractivity contribution is -0.126. The number of nitrogens with one attached hydrogen (secondary N) is 1. The van der Waals surface area contributed by atoms with E-state index in [-0.39, 0.29) is 11.8 Å². The van der Waals surface area contributed by atoms with E-state index in [4.69, 9.17) is 10.6 Å². The molecule has 0 aromatic carbocycles. The first-order chi connectivity index (χ1) is 7.81. The van der Waals surface area contributed by atoms with E-state index in [9.17, 15) is 4.79 Å². The molecule has 0 unspecified atom stereocenters. The first kappa shape index (κ1) is 11.8. The lowest BCUT2D eigenvalue weighted by atomic mass is 9.94. The van der Waals surface area contributed by atoms with Gasteiger partial charge in [-0.15, -0.1) is 0 Å². The molecule has 0 aromatic heterocycles. The lowest BCUT2D eigenvalue weighted by Crippen LogP contribution is -2.47. The normalized spacial score (nSPS) is 25.6. The number of hydrogen-bond acceptors (Lipinski definition) is 4. The van der Waals surface area contributed by atoms with Crippen LogP contribution in [0, 0.1) is 5.92 Å². The minimum absolute atomic E-state index is 0.00775. The van der Waals surface area contributed by atoms with Gasteiger partial charge >= 0.3 is 0 Å². The Morgan fingerprint density at radius 2 is 1.81 bits per heavy atom. The number of hydrazine groups is 1. The van der Waals surface area contributed by atoms with Crippen molar-refractivity contribution in [3.63, 3.8) is 0 Å². The fraction of sp³-hybridized carbons (Fsp3) is 0.909. The van der Waals surface area contributed by atoms with Crippen molar-refractivity contribution < 1.29 is 9.53 Å². The van der Waals surface area contributed by atoms with Gasteiger partial charge in [0.2, 0.25) is 5.91 Å². The molecule has 92 valence electrons. The van der Waals surface area contributed by atoms with Gasteiger partial charge in [-0.3, -0.25) is 10.2 Å². The Labute approximate surface area is 96.3 Å². The van der Waals surface area contributed by atoms with Crippen molar-refractivity contribution in [2.45, 2.75) is 31.7 Å². The molecule has 5 nitrogen and oxygen atoms in total. The van der Waals surface area contributed by atoms with Crippen molar-refractivity contribution >= 4 is 5.91 Å². The van der Waals surface area contributed by atoms with Gasteiger partial charge in [-0.2, -0.15) is 0 Å². The summed E-state index contributed by atoms with van der Waals surface area (Å²) in [7, 11) is 0. The number of rotatable bonds is 2. The molecule has 0 aromatic rings. The molecule has 0 aliphatic carbocycles. The number of likely N-dealkylation sites (tertiary alicyclic amines) is 1. The van der Waals surface area contributed by atoms with Crippen molar-refractivity contribution in [3.05, 3.63) is 0 Å². The lowest BCUT2D eigenvalue weighted by Gasteiger charge is -2.38. The van der Waals surface area contributed by atoms with Crippen LogP contribution in [0.3, 0.4) is 0 Å². The van der Waals surface area contributed by atoms with E-state index in [2.05, 4.69) is 10.3 Å². The van der Waals surface area contributed by atoms with E-state index >= 15 is 0 Å². The van der Waals surface area contributed by atoms with Gasteiger partial charge in [-0.1, -0.05) is 0 Å². The maximum absolute atomic E-state index is 11.4. The van der Waals surface area contributed by atoms with Gasteiger partial charge in [0.1, 0.15) is 0 Å². The van der Waals surface area contributed by atoms with Crippen LogP contribution in [0.1, 0.15) is 25.7 Å². The van der Waals surface area contributed by atoms with Crippen LogP contribution in [0.25, 0.3) is 0 Å². The third-order valence-corrected chi connectivity index (χ3v) is 3.75. The van der Waals surface area contributed by atoms with E-state index in [0.717, 1.165) is 52.0 Å². The fourth-order valence-electron chi connectivity index (χ4n) is 2.69. The summed E-state index contributed by atoms with van der Waals surface area (Å²) in [4.78, 5) is 13.9. The Hall–Kier alpha value is -0.650. The molecule has 2 saturated heterocycles. The highest BCUT2D eigenvalue weighted by Crippen LogP contribution is 2.22. The second-order valence-electron chi connectivity index (χ2n) is 4.66. The molecule has 2 heterocycles. The van der Waals surface area contributed by atoms with E-state index in [1.54, 1.807) is 0 Å². The van der Waals surface area contributed by atoms with Crippen LogP contribution in [-0.2, 0) is 9.53 Å². The highest BCUT2D eigenvalue weighted by atomic mass is 16.5. The molecule has 0 radical (unpaired) electrons. The van der Waals surface area contributed by atoms with Crippen LogP contribution in [0.2, 0.25) is 0 Å². The molecular weight excluding hydrogens is 206 g/mol. The number of hydrogen-bond donors (Lipinski definition) is 2. The van der Waals surface area contributed by atoms with Gasteiger partial charge in [-0.05, 0) is 38.8 Å². The molecule has 0 atom stereocenters. The molecule has 3 N–H and O–H groups in total. The van der Waals surface area contributed by atoms with Gasteiger partial charge in [0, 0.05) is 25.2 Å². The number of ether oxygens (including phenoxy) is 1. The number of nitrogens with zero attached hydrogens (tertiary/aromatic N) is 1. The predicted octanol–water partition coefficient (Wildman–Crippen LogP) is -0.133. The Balaban J connectivity index is 1.78. The largest absolute Gasteiger partial charge is 0.381 e. The second-order valence-corrected chi connectivity index (χ2v) is 4.66. The number of carbonyl (C=O) groups excluding carboxylic acids is 1. The number of carbonyl (C=O) groups is 1. The Kier molecular flexibility index (Phi) is 4.15. The fourth-order valence-corrected chi connectivity index (χ4v) is 2.69. The summed E-state index contributed by atoms with van der Waals surface area (Å²) < 4.78 is 5.36. The van der Waals surface area contributed by atoms with Crippen LogP contribution in [0.15, 0.2) is 0 Å². The van der Waals surface area contributed by atoms with Crippen LogP contribution in [0.5, 0.6) is 0 Å². The molecule has 16 heavy (non-hydrogen) atoms. The van der Waals surface area contributed by atoms with Gasteiger partial charge in [0.15, 0.2) is 0 Å². The number of piperidine rings is 1. The molecule has 2 aliphatic rings. The maximum atomic E-state index is 11.4. The van der Waals surface area contributed by atoms with Crippen molar-refractivity contribution in [1.82, 2.24) is 10.3 Å². The Morgan fingerprint density at radius 3 is 2.38 bits per heavy atom. The Bertz CT molecular complexity index is 233. The third-order valence-electron chi connectivity index (χ3n) is 3.75. The summed E-state index contributed by atoms with van der Waals surface area (Å²) >= 11 is 0. The first-order valence-electron chi connectivity index (χ1n) is 6.13. The molecule has 1 amide bonds. The van der Waals surface area contributed by atoms with Crippen LogP contribution in [0.4, 0.5) is 0 Å². The smallest absolute Gasteiger partial charge is 0.237 e. The molecule has 5 heteroatoms.